The van der Waals surface area contributed by atoms with E-state index in [2.05, 4.69) is 36.6 Å². The third kappa shape index (κ3) is 4.06. The average Bonchev–Trinajstić information content (AvgIpc) is 2.40. The molecule has 0 spiro atoms. The fourth-order valence-electron chi connectivity index (χ4n) is 2.60. The average molecular weight is 260 g/mol. The summed E-state index contributed by atoms with van der Waals surface area (Å²) in [7, 11) is 0. The van der Waals surface area contributed by atoms with Crippen LogP contribution in [0.25, 0.3) is 0 Å². The summed E-state index contributed by atoms with van der Waals surface area (Å²) in [5.41, 5.74) is 2.54. The number of hydrogen-bond acceptors (Lipinski definition) is 2. The number of aryl methyl sites for hydroxylation is 2. The molecule has 19 heavy (non-hydrogen) atoms. The van der Waals surface area contributed by atoms with Crippen molar-refractivity contribution in [3.63, 3.8) is 0 Å². The van der Waals surface area contributed by atoms with Crippen molar-refractivity contribution in [3.8, 4) is 0 Å². The highest BCUT2D eigenvalue weighted by atomic mass is 16.1. The highest BCUT2D eigenvalue weighted by molar-refractivity contribution is 5.76. The first-order valence-electron chi connectivity index (χ1n) is 7.21. The van der Waals surface area contributed by atoms with Crippen molar-refractivity contribution >= 4 is 5.91 Å². The minimum absolute atomic E-state index is 0.170. The van der Waals surface area contributed by atoms with Crippen LogP contribution in [0.4, 0.5) is 0 Å². The summed E-state index contributed by atoms with van der Waals surface area (Å²) in [6.07, 6.45) is 2.55. The van der Waals surface area contributed by atoms with Gasteiger partial charge in [-0.05, 0) is 43.4 Å². The third-order valence-electron chi connectivity index (χ3n) is 4.06. The Balaban J connectivity index is 1.80. The number of carbonyl (C=O) groups excluding carboxylic acids is 1. The number of carbonyl (C=O) groups is 1. The van der Waals surface area contributed by atoms with Crippen LogP contribution in [0.2, 0.25) is 0 Å². The molecular weight excluding hydrogens is 236 g/mol. The zero-order valence-electron chi connectivity index (χ0n) is 11.9. The molecule has 2 rings (SSSR count). The maximum Gasteiger partial charge on any atom is 0.220 e. The van der Waals surface area contributed by atoms with E-state index in [4.69, 9.17) is 0 Å². The van der Waals surface area contributed by atoms with Crippen LogP contribution in [0.5, 0.6) is 0 Å². The molecule has 1 aliphatic heterocycles. The second kappa shape index (κ2) is 6.71. The summed E-state index contributed by atoms with van der Waals surface area (Å²) >= 11 is 0. The lowest BCUT2D eigenvalue weighted by molar-refractivity contribution is -0.122. The van der Waals surface area contributed by atoms with Crippen LogP contribution < -0.4 is 10.6 Å². The molecule has 1 fully saturated rings. The zero-order chi connectivity index (χ0) is 13.7. The van der Waals surface area contributed by atoms with E-state index in [0.717, 1.165) is 25.9 Å². The fourth-order valence-corrected chi connectivity index (χ4v) is 2.60. The van der Waals surface area contributed by atoms with Gasteiger partial charge in [-0.1, -0.05) is 31.2 Å². The Bertz CT molecular complexity index is 431. The van der Waals surface area contributed by atoms with Crippen molar-refractivity contribution in [2.75, 3.05) is 13.1 Å². The Labute approximate surface area is 115 Å². The molecule has 0 aliphatic carbocycles. The van der Waals surface area contributed by atoms with Crippen LogP contribution in [0.1, 0.15) is 30.9 Å². The van der Waals surface area contributed by atoms with Gasteiger partial charge in [0.15, 0.2) is 0 Å². The summed E-state index contributed by atoms with van der Waals surface area (Å²) in [4.78, 5) is 12.0. The van der Waals surface area contributed by atoms with Crippen LogP contribution in [-0.2, 0) is 11.2 Å². The molecule has 0 bridgehead atoms. The van der Waals surface area contributed by atoms with Gasteiger partial charge < -0.3 is 10.6 Å². The van der Waals surface area contributed by atoms with E-state index >= 15 is 0 Å². The van der Waals surface area contributed by atoms with Gasteiger partial charge in [-0.25, -0.2) is 0 Å². The molecule has 104 valence electrons. The van der Waals surface area contributed by atoms with Gasteiger partial charge in [0.25, 0.3) is 0 Å². The van der Waals surface area contributed by atoms with Gasteiger partial charge >= 0.3 is 0 Å². The molecule has 1 saturated heterocycles. The van der Waals surface area contributed by atoms with E-state index < -0.39 is 0 Å². The van der Waals surface area contributed by atoms with E-state index in [1.165, 1.54) is 11.1 Å². The largest absolute Gasteiger partial charge is 0.352 e. The third-order valence-corrected chi connectivity index (χ3v) is 4.06. The molecule has 0 aromatic heterocycles. The maximum absolute atomic E-state index is 12.0. The van der Waals surface area contributed by atoms with Crippen molar-refractivity contribution in [3.05, 3.63) is 35.4 Å². The fraction of sp³-hybridized carbons (Fsp3) is 0.562. The topological polar surface area (TPSA) is 41.1 Å². The number of amides is 1. The van der Waals surface area contributed by atoms with E-state index in [-0.39, 0.29) is 11.9 Å². The van der Waals surface area contributed by atoms with Gasteiger partial charge in [0.05, 0.1) is 0 Å². The standard InChI is InChI=1S/C16H24N2O/c1-12-5-3-4-6-14(12)7-8-16(19)18-15-11-17-10-9-13(15)2/h3-6,13,15,17H,7-11H2,1-2H3,(H,18,19)/t13-,15+/m0/s1. The minimum atomic E-state index is 0.170. The molecule has 1 aliphatic rings. The van der Waals surface area contributed by atoms with E-state index in [0.29, 0.717) is 12.3 Å². The van der Waals surface area contributed by atoms with Crippen molar-refractivity contribution < 1.29 is 4.79 Å². The lowest BCUT2D eigenvalue weighted by atomic mass is 9.94. The first-order chi connectivity index (χ1) is 9.16. The lowest BCUT2D eigenvalue weighted by Gasteiger charge is -2.30. The van der Waals surface area contributed by atoms with Crippen molar-refractivity contribution in [1.29, 1.82) is 0 Å². The minimum Gasteiger partial charge on any atom is -0.352 e. The highest BCUT2D eigenvalue weighted by Crippen LogP contribution is 2.12. The number of hydrogen-bond donors (Lipinski definition) is 2. The van der Waals surface area contributed by atoms with Crippen molar-refractivity contribution in [2.24, 2.45) is 5.92 Å². The Kier molecular flexibility index (Phi) is 4.97. The Morgan fingerprint density at radius 2 is 2.21 bits per heavy atom. The second-order valence-corrected chi connectivity index (χ2v) is 5.57. The molecule has 3 heteroatoms. The lowest BCUT2D eigenvalue weighted by Crippen LogP contribution is -2.50. The van der Waals surface area contributed by atoms with Crippen LogP contribution in [0, 0.1) is 12.8 Å². The molecule has 2 N–H and O–H groups in total. The van der Waals surface area contributed by atoms with Crippen LogP contribution >= 0.6 is 0 Å². The van der Waals surface area contributed by atoms with E-state index in [9.17, 15) is 4.79 Å². The predicted molar refractivity (Wildman–Crippen MR) is 78.1 cm³/mol. The molecule has 0 unspecified atom stereocenters. The second-order valence-electron chi connectivity index (χ2n) is 5.57. The number of nitrogens with one attached hydrogen (secondary N) is 2. The molecule has 2 atom stereocenters. The molecular formula is C16H24N2O. The number of benzene rings is 1. The van der Waals surface area contributed by atoms with Crippen LogP contribution in [0.3, 0.4) is 0 Å². The number of piperidine rings is 1. The Morgan fingerprint density at radius 3 is 2.95 bits per heavy atom. The molecule has 1 amide bonds. The van der Waals surface area contributed by atoms with E-state index in [1.54, 1.807) is 0 Å². The molecule has 0 saturated carbocycles. The van der Waals surface area contributed by atoms with E-state index in [1.807, 2.05) is 12.1 Å². The summed E-state index contributed by atoms with van der Waals surface area (Å²) in [6.45, 7) is 6.28. The number of rotatable bonds is 4. The SMILES string of the molecule is Cc1ccccc1CCC(=O)N[C@@H]1CNCC[C@@H]1C. The molecule has 1 aromatic rings. The van der Waals surface area contributed by atoms with Crippen molar-refractivity contribution in [1.82, 2.24) is 10.6 Å². The monoisotopic (exact) mass is 260 g/mol. The Hall–Kier alpha value is -1.35. The molecule has 1 aromatic carbocycles. The smallest absolute Gasteiger partial charge is 0.220 e. The quantitative estimate of drug-likeness (QED) is 0.870. The van der Waals surface area contributed by atoms with Gasteiger partial charge in [0, 0.05) is 19.0 Å². The van der Waals surface area contributed by atoms with Crippen LogP contribution in [0.15, 0.2) is 24.3 Å². The summed E-state index contributed by atoms with van der Waals surface area (Å²) in [5.74, 6) is 0.743. The summed E-state index contributed by atoms with van der Waals surface area (Å²) < 4.78 is 0. The first kappa shape index (κ1) is 14.1. The molecule has 0 radical (unpaired) electrons. The van der Waals surface area contributed by atoms with Gasteiger partial charge in [-0.2, -0.15) is 0 Å². The zero-order valence-corrected chi connectivity index (χ0v) is 11.9. The first-order valence-corrected chi connectivity index (χ1v) is 7.21. The van der Waals surface area contributed by atoms with Gasteiger partial charge in [0.1, 0.15) is 0 Å². The van der Waals surface area contributed by atoms with Gasteiger partial charge in [-0.15, -0.1) is 0 Å². The molecule has 1 heterocycles. The van der Waals surface area contributed by atoms with Crippen LogP contribution in [-0.4, -0.2) is 25.0 Å². The highest BCUT2D eigenvalue weighted by Gasteiger charge is 2.22. The normalized spacial score (nSPS) is 23.1. The van der Waals surface area contributed by atoms with Gasteiger partial charge in [-0.3, -0.25) is 4.79 Å². The summed E-state index contributed by atoms with van der Waals surface area (Å²) in [6, 6.07) is 8.56. The Morgan fingerprint density at radius 1 is 1.42 bits per heavy atom. The van der Waals surface area contributed by atoms with Gasteiger partial charge in [0.2, 0.25) is 5.91 Å². The summed E-state index contributed by atoms with van der Waals surface area (Å²) in [5, 5.41) is 6.50. The molecule has 3 nitrogen and oxygen atoms in total. The predicted octanol–water partition coefficient (Wildman–Crippen LogP) is 2.04. The van der Waals surface area contributed by atoms with Crippen molar-refractivity contribution in [2.45, 2.75) is 39.2 Å². The maximum atomic E-state index is 12.0.